The van der Waals surface area contributed by atoms with Crippen LogP contribution in [0.1, 0.15) is 55.5 Å². The van der Waals surface area contributed by atoms with E-state index in [9.17, 15) is 13.2 Å². The van der Waals surface area contributed by atoms with Crippen LogP contribution in [0.25, 0.3) is 10.2 Å². The number of para-hydroxylation sites is 1. The third kappa shape index (κ3) is 5.58. The van der Waals surface area contributed by atoms with Gasteiger partial charge in [0.2, 0.25) is 10.0 Å². The summed E-state index contributed by atoms with van der Waals surface area (Å²) in [5.41, 5.74) is 2.38. The van der Waals surface area contributed by atoms with E-state index in [1.807, 2.05) is 39.0 Å². The summed E-state index contributed by atoms with van der Waals surface area (Å²) in [6.07, 6.45) is 3.33. The number of rotatable bonds is 10. The highest BCUT2D eigenvalue weighted by Crippen LogP contribution is 2.32. The Bertz CT molecular complexity index is 1260. The van der Waals surface area contributed by atoms with Gasteiger partial charge in [0, 0.05) is 25.3 Å². The Morgan fingerprint density at radius 2 is 1.83 bits per heavy atom. The Balaban J connectivity index is 1.64. The Morgan fingerprint density at radius 3 is 2.43 bits per heavy atom. The molecule has 0 radical (unpaired) electrons. The summed E-state index contributed by atoms with van der Waals surface area (Å²) in [4.78, 5) is 20.3. The van der Waals surface area contributed by atoms with Gasteiger partial charge in [-0.2, -0.15) is 4.31 Å². The number of sulfonamides is 1. The predicted molar refractivity (Wildman–Crippen MR) is 141 cm³/mol. The summed E-state index contributed by atoms with van der Waals surface area (Å²) < 4.78 is 34.6. The van der Waals surface area contributed by atoms with Gasteiger partial charge in [-0.3, -0.25) is 9.69 Å². The quantitative estimate of drug-likeness (QED) is 0.369. The molecule has 2 heterocycles. The van der Waals surface area contributed by atoms with E-state index in [1.54, 1.807) is 17.0 Å². The van der Waals surface area contributed by atoms with Gasteiger partial charge in [0.15, 0.2) is 5.13 Å². The molecule has 0 N–H and O–H groups in total. The van der Waals surface area contributed by atoms with Gasteiger partial charge in [0.1, 0.15) is 0 Å². The summed E-state index contributed by atoms with van der Waals surface area (Å²) >= 11 is 1.48. The topological polar surface area (TPSA) is 79.8 Å². The number of ether oxygens (including phenoxy) is 1. The Labute approximate surface area is 211 Å². The summed E-state index contributed by atoms with van der Waals surface area (Å²) in [5.74, 6) is -0.208. The van der Waals surface area contributed by atoms with Gasteiger partial charge in [0.25, 0.3) is 5.91 Å². The zero-order valence-electron chi connectivity index (χ0n) is 20.6. The van der Waals surface area contributed by atoms with E-state index < -0.39 is 10.0 Å². The molecule has 188 valence electrons. The first-order valence-corrected chi connectivity index (χ1v) is 14.5. The maximum atomic E-state index is 13.7. The smallest absolute Gasteiger partial charge is 0.260 e. The van der Waals surface area contributed by atoms with E-state index in [-0.39, 0.29) is 16.9 Å². The summed E-state index contributed by atoms with van der Waals surface area (Å²) in [7, 11) is -3.60. The van der Waals surface area contributed by atoms with Crippen molar-refractivity contribution < 1.29 is 17.9 Å². The fourth-order valence-electron chi connectivity index (χ4n) is 4.36. The number of fused-ring (bicyclic) bond motifs is 1. The number of amides is 1. The van der Waals surface area contributed by atoms with Crippen LogP contribution in [0, 0.1) is 6.92 Å². The molecule has 1 fully saturated rings. The van der Waals surface area contributed by atoms with Crippen molar-refractivity contribution in [1.29, 1.82) is 0 Å². The Morgan fingerprint density at radius 1 is 1.11 bits per heavy atom. The van der Waals surface area contributed by atoms with E-state index in [1.165, 1.54) is 27.8 Å². The van der Waals surface area contributed by atoms with Gasteiger partial charge in [-0.05, 0) is 68.5 Å². The zero-order valence-corrected chi connectivity index (χ0v) is 22.2. The molecule has 1 unspecified atom stereocenters. The van der Waals surface area contributed by atoms with Crippen LogP contribution in [0.15, 0.2) is 47.4 Å². The molecule has 1 aliphatic rings. The first-order valence-electron chi connectivity index (χ1n) is 12.2. The number of aromatic nitrogens is 1. The van der Waals surface area contributed by atoms with Crippen LogP contribution >= 0.6 is 11.3 Å². The first kappa shape index (κ1) is 25.8. The van der Waals surface area contributed by atoms with Gasteiger partial charge in [-0.1, -0.05) is 37.3 Å². The fourth-order valence-corrected chi connectivity index (χ4v) is 7.03. The molecular formula is C26H33N3O4S2. The van der Waals surface area contributed by atoms with Gasteiger partial charge in [-0.25, -0.2) is 13.4 Å². The molecule has 7 nitrogen and oxygen atoms in total. The van der Waals surface area contributed by atoms with E-state index in [2.05, 4.69) is 0 Å². The normalized spacial score (nSPS) is 16.3. The molecule has 0 spiro atoms. The number of nitrogens with zero attached hydrogens (tertiary/aromatic N) is 3. The number of aryl methyl sites for hydroxylation is 1. The van der Waals surface area contributed by atoms with Crippen molar-refractivity contribution in [3.05, 3.63) is 53.6 Å². The number of carbonyl (C=O) groups excluding carboxylic acids is 1. The Hall–Kier alpha value is -2.33. The van der Waals surface area contributed by atoms with Crippen molar-refractivity contribution in [2.75, 3.05) is 31.1 Å². The fraction of sp³-hybridized carbons (Fsp3) is 0.462. The van der Waals surface area contributed by atoms with Crippen LogP contribution in [-0.4, -0.2) is 56.0 Å². The number of anilines is 1. The minimum Gasteiger partial charge on any atom is -0.376 e. The van der Waals surface area contributed by atoms with Crippen molar-refractivity contribution in [1.82, 2.24) is 9.29 Å². The van der Waals surface area contributed by atoms with Crippen LogP contribution in [-0.2, 0) is 14.8 Å². The van der Waals surface area contributed by atoms with Crippen LogP contribution in [0.3, 0.4) is 0 Å². The maximum absolute atomic E-state index is 13.7. The molecule has 0 bridgehead atoms. The lowest BCUT2D eigenvalue weighted by Crippen LogP contribution is -2.37. The molecule has 4 rings (SSSR count). The molecule has 1 amide bonds. The minimum atomic E-state index is -3.60. The van der Waals surface area contributed by atoms with Crippen molar-refractivity contribution in [2.24, 2.45) is 0 Å². The number of carbonyl (C=O) groups is 1. The molecule has 2 aromatic carbocycles. The lowest BCUT2D eigenvalue weighted by atomic mass is 10.2. The second kappa shape index (κ2) is 11.2. The first-order chi connectivity index (χ1) is 16.8. The monoisotopic (exact) mass is 515 g/mol. The summed E-state index contributed by atoms with van der Waals surface area (Å²) in [6.45, 7) is 8.00. The third-order valence-corrected chi connectivity index (χ3v) is 9.14. The largest absolute Gasteiger partial charge is 0.376 e. The Kier molecular flexibility index (Phi) is 8.21. The molecular weight excluding hydrogens is 482 g/mol. The molecule has 1 saturated heterocycles. The van der Waals surface area contributed by atoms with Crippen LogP contribution in [0.5, 0.6) is 0 Å². The van der Waals surface area contributed by atoms with Crippen molar-refractivity contribution >= 4 is 42.6 Å². The van der Waals surface area contributed by atoms with Crippen LogP contribution in [0.2, 0.25) is 0 Å². The number of hydrogen-bond acceptors (Lipinski definition) is 6. The molecule has 0 aliphatic carbocycles. The molecule has 1 aromatic heterocycles. The van der Waals surface area contributed by atoms with E-state index in [4.69, 9.17) is 9.72 Å². The predicted octanol–water partition coefficient (Wildman–Crippen LogP) is 5.24. The second-order valence-corrected chi connectivity index (χ2v) is 11.8. The zero-order chi connectivity index (χ0) is 25.0. The third-order valence-electron chi connectivity index (χ3n) is 6.18. The average Bonchev–Trinajstić information content (AvgIpc) is 3.52. The molecule has 1 atom stereocenters. The van der Waals surface area contributed by atoms with Gasteiger partial charge in [0.05, 0.1) is 27.8 Å². The van der Waals surface area contributed by atoms with E-state index in [0.717, 1.165) is 41.5 Å². The highest BCUT2D eigenvalue weighted by molar-refractivity contribution is 7.89. The SMILES string of the molecule is CCCN(CCC)S(=O)(=O)c1ccc(C(=O)N(CC2CCCO2)c2nc3c(C)cccc3s2)cc1. The number of hydrogen-bond donors (Lipinski definition) is 0. The molecule has 35 heavy (non-hydrogen) atoms. The van der Waals surface area contributed by atoms with Crippen molar-refractivity contribution in [3.63, 3.8) is 0 Å². The molecule has 3 aromatic rings. The maximum Gasteiger partial charge on any atom is 0.260 e. The second-order valence-electron chi connectivity index (χ2n) is 8.90. The summed E-state index contributed by atoms with van der Waals surface area (Å²) in [5, 5.41) is 0.628. The highest BCUT2D eigenvalue weighted by Gasteiger charge is 2.28. The van der Waals surface area contributed by atoms with Crippen LogP contribution in [0.4, 0.5) is 5.13 Å². The van der Waals surface area contributed by atoms with Crippen molar-refractivity contribution in [2.45, 2.75) is 57.5 Å². The minimum absolute atomic E-state index is 0.0386. The average molecular weight is 516 g/mol. The number of benzene rings is 2. The summed E-state index contributed by atoms with van der Waals surface area (Å²) in [6, 6.07) is 12.3. The lowest BCUT2D eigenvalue weighted by Gasteiger charge is -2.23. The van der Waals surface area contributed by atoms with Gasteiger partial charge in [-0.15, -0.1) is 0 Å². The molecule has 0 saturated carbocycles. The van der Waals surface area contributed by atoms with Crippen LogP contribution < -0.4 is 4.90 Å². The van der Waals surface area contributed by atoms with Gasteiger partial charge >= 0.3 is 0 Å². The molecule has 9 heteroatoms. The highest BCUT2D eigenvalue weighted by atomic mass is 32.2. The molecule has 1 aliphatic heterocycles. The van der Waals surface area contributed by atoms with E-state index in [0.29, 0.717) is 36.9 Å². The standard InChI is InChI=1S/C26H33N3O4S2/c1-4-15-28(16-5-2)35(31,32)22-13-11-20(12-14-22)25(30)29(18-21-9-7-17-33-21)26-27-24-19(3)8-6-10-23(24)34-26/h6,8,10-14,21H,4-5,7,9,15-18H2,1-3H3. The van der Waals surface area contributed by atoms with Gasteiger partial charge < -0.3 is 4.74 Å². The number of thiazole rings is 1. The lowest BCUT2D eigenvalue weighted by molar-refractivity contribution is 0.0917. The van der Waals surface area contributed by atoms with E-state index >= 15 is 0 Å². The van der Waals surface area contributed by atoms with Crippen molar-refractivity contribution in [3.8, 4) is 0 Å².